The molecule has 0 radical (unpaired) electrons. The zero-order valence-electron chi connectivity index (χ0n) is 16.7. The van der Waals surface area contributed by atoms with Gasteiger partial charge in [0.05, 0.1) is 16.6 Å². The maximum absolute atomic E-state index is 13.1. The fourth-order valence-electron chi connectivity index (χ4n) is 3.57. The van der Waals surface area contributed by atoms with Crippen LogP contribution in [0.25, 0.3) is 27.8 Å². The van der Waals surface area contributed by atoms with Gasteiger partial charge in [0.2, 0.25) is 0 Å². The Hall–Kier alpha value is -3.25. The van der Waals surface area contributed by atoms with Crippen LogP contribution in [-0.2, 0) is 14.1 Å². The Morgan fingerprint density at radius 2 is 1.55 bits per heavy atom. The standard InChI is InChI=1S/C22H21ClN4O2/c1-24(2)14-9-11-15(12-10-14)27-13-18-19(21(28)26(4)22(29)25(18)3)20(27)16-7-5-6-8-17(16)23/h5-13H,1-4H3. The molecular weight excluding hydrogens is 388 g/mol. The molecule has 29 heavy (non-hydrogen) atoms. The van der Waals surface area contributed by atoms with Crippen LogP contribution in [-0.4, -0.2) is 27.8 Å². The topological polar surface area (TPSA) is 52.2 Å². The van der Waals surface area contributed by atoms with Gasteiger partial charge in [0.15, 0.2) is 0 Å². The van der Waals surface area contributed by atoms with E-state index in [9.17, 15) is 9.59 Å². The van der Waals surface area contributed by atoms with Crippen molar-refractivity contribution in [1.82, 2.24) is 13.7 Å². The Kier molecular flexibility index (Phi) is 4.59. The zero-order valence-corrected chi connectivity index (χ0v) is 17.4. The number of hydrogen-bond acceptors (Lipinski definition) is 3. The van der Waals surface area contributed by atoms with Crippen LogP contribution < -0.4 is 16.1 Å². The Morgan fingerprint density at radius 3 is 2.17 bits per heavy atom. The van der Waals surface area contributed by atoms with Crippen LogP contribution in [0.4, 0.5) is 5.69 Å². The lowest BCUT2D eigenvalue weighted by Crippen LogP contribution is -2.36. The minimum Gasteiger partial charge on any atom is -0.378 e. The number of benzene rings is 2. The number of hydrogen-bond donors (Lipinski definition) is 0. The van der Waals surface area contributed by atoms with Crippen molar-refractivity contribution in [2.75, 3.05) is 19.0 Å². The summed E-state index contributed by atoms with van der Waals surface area (Å²) in [5, 5.41) is 0.994. The first-order chi connectivity index (χ1) is 13.8. The van der Waals surface area contributed by atoms with E-state index in [1.165, 1.54) is 11.6 Å². The van der Waals surface area contributed by atoms with Gasteiger partial charge in [-0.3, -0.25) is 13.9 Å². The Morgan fingerprint density at radius 1 is 0.897 bits per heavy atom. The van der Waals surface area contributed by atoms with E-state index in [1.54, 1.807) is 13.1 Å². The lowest BCUT2D eigenvalue weighted by atomic mass is 10.1. The minimum atomic E-state index is -0.367. The lowest BCUT2D eigenvalue weighted by molar-refractivity contribution is 0.714. The van der Waals surface area contributed by atoms with E-state index in [0.29, 0.717) is 21.6 Å². The molecule has 0 aliphatic carbocycles. The number of fused-ring (bicyclic) bond motifs is 1. The fraction of sp³-hybridized carbons (Fsp3) is 0.182. The first-order valence-corrected chi connectivity index (χ1v) is 9.52. The number of nitrogens with zero attached hydrogens (tertiary/aromatic N) is 4. The molecule has 0 saturated heterocycles. The molecule has 0 saturated carbocycles. The van der Waals surface area contributed by atoms with Gasteiger partial charge in [0.1, 0.15) is 0 Å². The van der Waals surface area contributed by atoms with E-state index in [1.807, 2.05) is 72.2 Å². The van der Waals surface area contributed by atoms with Crippen molar-refractivity contribution in [3.05, 3.63) is 80.6 Å². The van der Waals surface area contributed by atoms with Crippen LogP contribution in [0.2, 0.25) is 5.02 Å². The zero-order chi connectivity index (χ0) is 20.9. The van der Waals surface area contributed by atoms with Crippen LogP contribution in [0, 0.1) is 0 Å². The first-order valence-electron chi connectivity index (χ1n) is 9.15. The highest BCUT2D eigenvalue weighted by molar-refractivity contribution is 6.33. The highest BCUT2D eigenvalue weighted by Gasteiger charge is 2.21. The summed E-state index contributed by atoms with van der Waals surface area (Å²) in [5.74, 6) is 0. The van der Waals surface area contributed by atoms with Gasteiger partial charge in [0.25, 0.3) is 5.56 Å². The molecule has 6 nitrogen and oxygen atoms in total. The van der Waals surface area contributed by atoms with Gasteiger partial charge in [0, 0.05) is 56.3 Å². The van der Waals surface area contributed by atoms with Crippen LogP contribution in [0.5, 0.6) is 0 Å². The highest BCUT2D eigenvalue weighted by atomic mass is 35.5. The van der Waals surface area contributed by atoms with E-state index < -0.39 is 0 Å². The average Bonchev–Trinajstić information content (AvgIpc) is 3.11. The maximum atomic E-state index is 13.1. The number of aryl methyl sites for hydroxylation is 1. The van der Waals surface area contributed by atoms with Gasteiger partial charge in [-0.15, -0.1) is 0 Å². The molecule has 4 aromatic rings. The summed E-state index contributed by atoms with van der Waals surface area (Å²) in [6.07, 6.45) is 1.82. The van der Waals surface area contributed by atoms with Gasteiger partial charge >= 0.3 is 5.69 Å². The predicted molar refractivity (Wildman–Crippen MR) is 119 cm³/mol. The fourth-order valence-corrected chi connectivity index (χ4v) is 3.80. The highest BCUT2D eigenvalue weighted by Crippen LogP contribution is 2.35. The molecule has 0 unspecified atom stereocenters. The van der Waals surface area contributed by atoms with E-state index >= 15 is 0 Å². The molecule has 7 heteroatoms. The maximum Gasteiger partial charge on any atom is 0.330 e. The molecule has 0 fully saturated rings. The SMILES string of the molecule is CN(C)c1ccc(-n2cc3c(c2-c2ccccc2Cl)c(=O)n(C)c(=O)n3C)cc1. The van der Waals surface area contributed by atoms with Gasteiger partial charge in [-0.2, -0.15) is 0 Å². The molecule has 0 N–H and O–H groups in total. The molecule has 0 bridgehead atoms. The molecule has 148 valence electrons. The molecule has 0 spiro atoms. The number of anilines is 1. The van der Waals surface area contributed by atoms with Crippen LogP contribution in [0.3, 0.4) is 0 Å². The summed E-state index contributed by atoms with van der Waals surface area (Å²) in [6, 6.07) is 15.4. The molecular formula is C22H21ClN4O2. The average molecular weight is 409 g/mol. The van der Waals surface area contributed by atoms with Crippen molar-refractivity contribution in [2.24, 2.45) is 14.1 Å². The van der Waals surface area contributed by atoms with Gasteiger partial charge in [-0.25, -0.2) is 4.79 Å². The Balaban J connectivity index is 2.15. The molecule has 2 heterocycles. The monoisotopic (exact) mass is 408 g/mol. The molecule has 0 aliphatic rings. The van der Waals surface area contributed by atoms with E-state index in [2.05, 4.69) is 0 Å². The largest absolute Gasteiger partial charge is 0.378 e. The van der Waals surface area contributed by atoms with Crippen LogP contribution in [0.1, 0.15) is 0 Å². The number of rotatable bonds is 3. The quantitative estimate of drug-likeness (QED) is 0.522. The van der Waals surface area contributed by atoms with Gasteiger partial charge in [-0.1, -0.05) is 29.8 Å². The van der Waals surface area contributed by atoms with Crippen LogP contribution >= 0.6 is 11.6 Å². The summed E-state index contributed by atoms with van der Waals surface area (Å²) in [5.41, 5.74) is 3.18. The third-order valence-corrected chi connectivity index (χ3v) is 5.54. The second-order valence-electron chi connectivity index (χ2n) is 7.20. The third-order valence-electron chi connectivity index (χ3n) is 5.21. The molecule has 0 aliphatic heterocycles. The van der Waals surface area contributed by atoms with Crippen LogP contribution in [0.15, 0.2) is 64.3 Å². The summed E-state index contributed by atoms with van der Waals surface area (Å²) >= 11 is 6.51. The van der Waals surface area contributed by atoms with E-state index in [4.69, 9.17) is 11.6 Å². The van der Waals surface area contributed by atoms with Crippen molar-refractivity contribution in [1.29, 1.82) is 0 Å². The predicted octanol–water partition coefficient (Wildman–Crippen LogP) is 3.41. The molecule has 2 aromatic carbocycles. The second kappa shape index (κ2) is 6.97. The van der Waals surface area contributed by atoms with Crippen molar-refractivity contribution < 1.29 is 0 Å². The molecule has 2 aromatic heterocycles. The number of halogens is 1. The Labute approximate surface area is 172 Å². The second-order valence-corrected chi connectivity index (χ2v) is 7.61. The minimum absolute atomic E-state index is 0.346. The normalized spacial score (nSPS) is 11.2. The molecule has 0 amide bonds. The van der Waals surface area contributed by atoms with Crippen molar-refractivity contribution in [2.45, 2.75) is 0 Å². The van der Waals surface area contributed by atoms with Crippen molar-refractivity contribution in [3.63, 3.8) is 0 Å². The van der Waals surface area contributed by atoms with Crippen molar-refractivity contribution in [3.8, 4) is 16.9 Å². The summed E-state index contributed by atoms with van der Waals surface area (Å²) in [4.78, 5) is 27.6. The molecule has 4 rings (SSSR count). The summed E-state index contributed by atoms with van der Waals surface area (Å²) in [7, 11) is 7.12. The third kappa shape index (κ3) is 2.96. The van der Waals surface area contributed by atoms with E-state index in [0.717, 1.165) is 21.5 Å². The molecule has 0 atom stereocenters. The Bertz CT molecular complexity index is 1340. The smallest absolute Gasteiger partial charge is 0.330 e. The lowest BCUT2D eigenvalue weighted by Gasteiger charge is -2.15. The van der Waals surface area contributed by atoms with Gasteiger partial charge < -0.3 is 9.47 Å². The summed E-state index contributed by atoms with van der Waals surface area (Å²) in [6.45, 7) is 0. The number of aromatic nitrogens is 3. The first kappa shape index (κ1) is 19.1. The van der Waals surface area contributed by atoms with Gasteiger partial charge in [-0.05, 0) is 30.3 Å². The van der Waals surface area contributed by atoms with E-state index in [-0.39, 0.29) is 11.2 Å². The van der Waals surface area contributed by atoms with Crippen molar-refractivity contribution >= 4 is 28.2 Å². The summed E-state index contributed by atoms with van der Waals surface area (Å²) < 4.78 is 4.54.